The number of anilines is 1. The Bertz CT molecular complexity index is 599. The molecular weight excluding hydrogens is 252 g/mol. The number of para-hydroxylation sites is 1. The van der Waals surface area contributed by atoms with E-state index in [1.165, 1.54) is 5.56 Å². The van der Waals surface area contributed by atoms with Gasteiger partial charge in [-0.3, -0.25) is 0 Å². The lowest BCUT2D eigenvalue weighted by molar-refractivity contribution is 0.171. The van der Waals surface area contributed by atoms with Crippen molar-refractivity contribution in [1.29, 1.82) is 0 Å². The number of ether oxygens (including phenoxy) is 2. The van der Waals surface area contributed by atoms with Crippen LogP contribution in [0.25, 0.3) is 0 Å². The van der Waals surface area contributed by atoms with E-state index in [1.807, 2.05) is 36.4 Å². The standard InChI is InChI=1S/C16H18N2O2/c17-14-4-2-1-3-13(14)11-18-10-12-5-6-15-16(9-12)20-8-7-19-15/h1-6,9,18H,7-8,10-11,17H2. The number of nitrogen functional groups attached to an aromatic ring is 1. The lowest BCUT2D eigenvalue weighted by Gasteiger charge is -2.19. The lowest BCUT2D eigenvalue weighted by atomic mass is 10.1. The van der Waals surface area contributed by atoms with Gasteiger partial charge in [0.15, 0.2) is 11.5 Å². The van der Waals surface area contributed by atoms with E-state index >= 15 is 0 Å². The number of hydrogen-bond acceptors (Lipinski definition) is 4. The molecule has 2 aromatic carbocycles. The fourth-order valence-corrected chi connectivity index (χ4v) is 2.23. The molecule has 1 aliphatic rings. The van der Waals surface area contributed by atoms with Crippen molar-refractivity contribution >= 4 is 5.69 Å². The fourth-order valence-electron chi connectivity index (χ4n) is 2.23. The Hall–Kier alpha value is -2.20. The molecule has 20 heavy (non-hydrogen) atoms. The molecule has 0 fully saturated rings. The molecule has 0 bridgehead atoms. The molecule has 0 aliphatic carbocycles. The first-order chi connectivity index (χ1) is 9.83. The molecule has 0 radical (unpaired) electrons. The Balaban J connectivity index is 1.60. The number of benzene rings is 2. The molecule has 0 saturated carbocycles. The van der Waals surface area contributed by atoms with Crippen molar-refractivity contribution in [3.63, 3.8) is 0 Å². The molecule has 3 rings (SSSR count). The average molecular weight is 270 g/mol. The molecule has 0 amide bonds. The van der Waals surface area contributed by atoms with Gasteiger partial charge in [0.2, 0.25) is 0 Å². The van der Waals surface area contributed by atoms with Gasteiger partial charge in [-0.25, -0.2) is 0 Å². The Morgan fingerprint density at radius 2 is 1.75 bits per heavy atom. The second-order valence-electron chi connectivity index (χ2n) is 4.78. The maximum Gasteiger partial charge on any atom is 0.161 e. The maximum absolute atomic E-state index is 5.91. The maximum atomic E-state index is 5.91. The molecule has 1 aliphatic heterocycles. The van der Waals surface area contributed by atoms with Gasteiger partial charge in [0, 0.05) is 18.8 Å². The number of fused-ring (bicyclic) bond motifs is 1. The van der Waals surface area contributed by atoms with Crippen LogP contribution in [-0.4, -0.2) is 13.2 Å². The smallest absolute Gasteiger partial charge is 0.161 e. The van der Waals surface area contributed by atoms with Crippen molar-refractivity contribution in [2.75, 3.05) is 18.9 Å². The number of nitrogens with one attached hydrogen (secondary N) is 1. The molecule has 0 spiro atoms. The van der Waals surface area contributed by atoms with Gasteiger partial charge in [0.25, 0.3) is 0 Å². The van der Waals surface area contributed by atoms with Gasteiger partial charge in [0.1, 0.15) is 13.2 Å². The van der Waals surface area contributed by atoms with Gasteiger partial charge in [-0.1, -0.05) is 24.3 Å². The van der Waals surface area contributed by atoms with E-state index in [1.54, 1.807) is 0 Å². The highest BCUT2D eigenvalue weighted by Gasteiger charge is 2.11. The normalized spacial score (nSPS) is 13.2. The van der Waals surface area contributed by atoms with Gasteiger partial charge in [-0.2, -0.15) is 0 Å². The highest BCUT2D eigenvalue weighted by molar-refractivity contribution is 5.46. The second kappa shape index (κ2) is 5.84. The summed E-state index contributed by atoms with van der Waals surface area (Å²) >= 11 is 0. The van der Waals surface area contributed by atoms with Crippen LogP contribution in [0.15, 0.2) is 42.5 Å². The largest absolute Gasteiger partial charge is 0.486 e. The summed E-state index contributed by atoms with van der Waals surface area (Å²) in [5.74, 6) is 1.65. The summed E-state index contributed by atoms with van der Waals surface area (Å²) in [6.45, 7) is 2.76. The third-order valence-electron chi connectivity index (χ3n) is 3.31. The van der Waals surface area contributed by atoms with Crippen LogP contribution in [0.4, 0.5) is 5.69 Å². The van der Waals surface area contributed by atoms with Crippen LogP contribution >= 0.6 is 0 Å². The predicted octanol–water partition coefficient (Wildman–Crippen LogP) is 2.33. The molecule has 0 atom stereocenters. The van der Waals surface area contributed by atoms with E-state index in [9.17, 15) is 0 Å². The van der Waals surface area contributed by atoms with Crippen molar-refractivity contribution < 1.29 is 9.47 Å². The second-order valence-corrected chi connectivity index (χ2v) is 4.78. The minimum Gasteiger partial charge on any atom is -0.486 e. The molecule has 0 aromatic heterocycles. The van der Waals surface area contributed by atoms with Crippen LogP contribution in [0.1, 0.15) is 11.1 Å². The number of nitrogens with two attached hydrogens (primary N) is 1. The third-order valence-corrected chi connectivity index (χ3v) is 3.31. The molecule has 0 saturated heterocycles. The summed E-state index contributed by atoms with van der Waals surface area (Å²) in [5.41, 5.74) is 9.02. The van der Waals surface area contributed by atoms with Gasteiger partial charge in [-0.15, -0.1) is 0 Å². The van der Waals surface area contributed by atoms with Gasteiger partial charge in [-0.05, 0) is 29.3 Å². The molecule has 104 valence electrons. The van der Waals surface area contributed by atoms with Crippen molar-refractivity contribution in [3.05, 3.63) is 53.6 Å². The van der Waals surface area contributed by atoms with Crippen LogP contribution in [0.5, 0.6) is 11.5 Å². The van der Waals surface area contributed by atoms with Gasteiger partial charge in [0.05, 0.1) is 0 Å². The predicted molar refractivity (Wildman–Crippen MR) is 78.8 cm³/mol. The van der Waals surface area contributed by atoms with E-state index in [4.69, 9.17) is 15.2 Å². The SMILES string of the molecule is Nc1ccccc1CNCc1ccc2c(c1)OCCO2. The first-order valence-corrected chi connectivity index (χ1v) is 6.75. The highest BCUT2D eigenvalue weighted by Crippen LogP contribution is 2.30. The zero-order chi connectivity index (χ0) is 13.8. The van der Waals surface area contributed by atoms with Crippen molar-refractivity contribution in [1.82, 2.24) is 5.32 Å². The van der Waals surface area contributed by atoms with Crippen LogP contribution in [-0.2, 0) is 13.1 Å². The number of hydrogen-bond donors (Lipinski definition) is 2. The zero-order valence-corrected chi connectivity index (χ0v) is 11.3. The summed E-state index contributed by atoms with van der Waals surface area (Å²) in [6, 6.07) is 13.9. The topological polar surface area (TPSA) is 56.5 Å². The van der Waals surface area contributed by atoms with E-state index in [2.05, 4.69) is 11.4 Å². The Morgan fingerprint density at radius 3 is 2.60 bits per heavy atom. The summed E-state index contributed by atoms with van der Waals surface area (Å²) in [5, 5.41) is 3.39. The van der Waals surface area contributed by atoms with Crippen LogP contribution in [0.3, 0.4) is 0 Å². The molecule has 1 heterocycles. The summed E-state index contributed by atoms with van der Waals surface area (Å²) in [7, 11) is 0. The van der Waals surface area contributed by atoms with Gasteiger partial charge < -0.3 is 20.5 Å². The van der Waals surface area contributed by atoms with Gasteiger partial charge >= 0.3 is 0 Å². The third kappa shape index (κ3) is 2.86. The molecule has 3 N–H and O–H groups in total. The number of rotatable bonds is 4. The van der Waals surface area contributed by atoms with Crippen molar-refractivity contribution in [2.24, 2.45) is 0 Å². The highest BCUT2D eigenvalue weighted by atomic mass is 16.6. The molecule has 2 aromatic rings. The summed E-state index contributed by atoms with van der Waals surface area (Å²) in [4.78, 5) is 0. The minimum atomic E-state index is 0.616. The van der Waals surface area contributed by atoms with Crippen molar-refractivity contribution in [2.45, 2.75) is 13.1 Å². The Kier molecular flexibility index (Phi) is 3.74. The van der Waals surface area contributed by atoms with E-state index in [0.717, 1.165) is 35.8 Å². The van der Waals surface area contributed by atoms with Crippen molar-refractivity contribution in [3.8, 4) is 11.5 Å². The van der Waals surface area contributed by atoms with Crippen LogP contribution < -0.4 is 20.5 Å². The lowest BCUT2D eigenvalue weighted by Crippen LogP contribution is -2.17. The first kappa shape index (κ1) is 12.8. The molecule has 0 unspecified atom stereocenters. The molecule has 4 heteroatoms. The monoisotopic (exact) mass is 270 g/mol. The van der Waals surface area contributed by atoms with Crippen LogP contribution in [0.2, 0.25) is 0 Å². The average Bonchev–Trinajstić information content (AvgIpc) is 2.49. The zero-order valence-electron chi connectivity index (χ0n) is 11.3. The fraction of sp³-hybridized carbons (Fsp3) is 0.250. The quantitative estimate of drug-likeness (QED) is 0.837. The summed E-state index contributed by atoms with van der Waals surface area (Å²) < 4.78 is 11.1. The molecular formula is C16H18N2O2. The van der Waals surface area contributed by atoms with E-state index in [0.29, 0.717) is 13.2 Å². The Morgan fingerprint density at radius 1 is 0.950 bits per heavy atom. The Labute approximate surface area is 118 Å². The van der Waals surface area contributed by atoms with E-state index < -0.39 is 0 Å². The van der Waals surface area contributed by atoms with E-state index in [-0.39, 0.29) is 0 Å². The minimum absolute atomic E-state index is 0.616. The van der Waals surface area contributed by atoms with Crippen LogP contribution in [0, 0.1) is 0 Å². The summed E-state index contributed by atoms with van der Waals surface area (Å²) in [6.07, 6.45) is 0. The molecule has 4 nitrogen and oxygen atoms in total. The first-order valence-electron chi connectivity index (χ1n) is 6.75.